The van der Waals surface area contributed by atoms with E-state index in [4.69, 9.17) is 0 Å². The SMILES string of the molecule is CC(c1ccc(-n2cncn2)cc1)N(C)C(=O)CNC(=O)c1ccc(Br)cc1. The Balaban J connectivity index is 1.57. The van der Waals surface area contributed by atoms with Gasteiger partial charge in [-0.05, 0) is 48.9 Å². The van der Waals surface area contributed by atoms with Crippen molar-refractivity contribution >= 4 is 27.7 Å². The van der Waals surface area contributed by atoms with Gasteiger partial charge in [-0.15, -0.1) is 0 Å². The fourth-order valence-electron chi connectivity index (χ4n) is 2.67. The zero-order valence-electron chi connectivity index (χ0n) is 15.5. The molecule has 144 valence electrons. The predicted octanol–water partition coefficient (Wildman–Crippen LogP) is 2.98. The lowest BCUT2D eigenvalue weighted by Gasteiger charge is -2.25. The highest BCUT2D eigenvalue weighted by Gasteiger charge is 2.18. The molecule has 3 aromatic rings. The van der Waals surface area contributed by atoms with Crippen molar-refractivity contribution < 1.29 is 9.59 Å². The first-order valence-corrected chi connectivity index (χ1v) is 9.49. The Hall–Kier alpha value is -3.00. The standard InChI is InChI=1S/C20H20BrN5O2/c1-14(15-5-9-18(10-6-15)26-13-22-12-24-26)25(2)19(27)11-23-20(28)16-3-7-17(21)8-4-16/h3-10,12-14H,11H2,1-2H3,(H,23,28). The Bertz CT molecular complexity index is 940. The van der Waals surface area contributed by atoms with Gasteiger partial charge in [-0.3, -0.25) is 9.59 Å². The summed E-state index contributed by atoms with van der Waals surface area (Å²) in [6, 6.07) is 14.6. The fourth-order valence-corrected chi connectivity index (χ4v) is 2.93. The molecule has 7 nitrogen and oxygen atoms in total. The van der Waals surface area contributed by atoms with Crippen molar-refractivity contribution in [1.29, 1.82) is 0 Å². The molecule has 28 heavy (non-hydrogen) atoms. The molecule has 0 fully saturated rings. The number of likely N-dealkylation sites (N-methyl/N-ethyl adjacent to an activating group) is 1. The number of halogens is 1. The molecule has 1 heterocycles. The lowest BCUT2D eigenvalue weighted by Crippen LogP contribution is -2.39. The number of aromatic nitrogens is 3. The van der Waals surface area contributed by atoms with Crippen LogP contribution >= 0.6 is 15.9 Å². The van der Waals surface area contributed by atoms with Crippen LogP contribution in [0, 0.1) is 0 Å². The van der Waals surface area contributed by atoms with Gasteiger partial charge in [-0.1, -0.05) is 28.1 Å². The van der Waals surface area contributed by atoms with Gasteiger partial charge in [0.25, 0.3) is 5.91 Å². The van der Waals surface area contributed by atoms with E-state index < -0.39 is 0 Å². The number of carbonyl (C=O) groups excluding carboxylic acids is 2. The molecular weight excluding hydrogens is 422 g/mol. The van der Waals surface area contributed by atoms with E-state index in [2.05, 4.69) is 31.3 Å². The van der Waals surface area contributed by atoms with E-state index in [9.17, 15) is 9.59 Å². The molecule has 0 bridgehead atoms. The maximum atomic E-state index is 12.5. The van der Waals surface area contributed by atoms with Crippen LogP contribution in [0.2, 0.25) is 0 Å². The molecule has 2 amide bonds. The summed E-state index contributed by atoms with van der Waals surface area (Å²) >= 11 is 3.33. The van der Waals surface area contributed by atoms with Gasteiger partial charge in [0.05, 0.1) is 18.3 Å². The van der Waals surface area contributed by atoms with Crippen LogP contribution in [0.25, 0.3) is 5.69 Å². The third-order valence-electron chi connectivity index (χ3n) is 4.54. The summed E-state index contributed by atoms with van der Waals surface area (Å²) in [5.74, 6) is -0.447. The van der Waals surface area contributed by atoms with Crippen molar-refractivity contribution in [1.82, 2.24) is 25.0 Å². The van der Waals surface area contributed by atoms with Crippen LogP contribution < -0.4 is 5.32 Å². The highest BCUT2D eigenvalue weighted by atomic mass is 79.9. The molecule has 0 aliphatic rings. The molecule has 2 aromatic carbocycles. The van der Waals surface area contributed by atoms with Gasteiger partial charge in [0, 0.05) is 17.1 Å². The molecule has 8 heteroatoms. The van der Waals surface area contributed by atoms with E-state index in [0.29, 0.717) is 5.56 Å². The number of nitrogens with one attached hydrogen (secondary N) is 1. The molecule has 0 saturated heterocycles. The Morgan fingerprint density at radius 2 is 1.82 bits per heavy atom. The van der Waals surface area contributed by atoms with Crippen LogP contribution in [-0.4, -0.2) is 45.1 Å². The minimum absolute atomic E-state index is 0.0627. The number of hydrogen-bond donors (Lipinski definition) is 1. The number of carbonyl (C=O) groups is 2. The highest BCUT2D eigenvalue weighted by molar-refractivity contribution is 9.10. The van der Waals surface area contributed by atoms with Gasteiger partial charge in [0.1, 0.15) is 12.7 Å². The van der Waals surface area contributed by atoms with Crippen molar-refractivity contribution in [3.8, 4) is 5.69 Å². The number of benzene rings is 2. The predicted molar refractivity (Wildman–Crippen MR) is 109 cm³/mol. The van der Waals surface area contributed by atoms with Crippen molar-refractivity contribution in [3.05, 3.63) is 76.8 Å². The molecule has 1 N–H and O–H groups in total. The number of amides is 2. The minimum Gasteiger partial charge on any atom is -0.343 e. The van der Waals surface area contributed by atoms with E-state index in [-0.39, 0.29) is 24.4 Å². The molecule has 1 atom stereocenters. The van der Waals surface area contributed by atoms with Gasteiger partial charge in [-0.2, -0.15) is 5.10 Å². The smallest absolute Gasteiger partial charge is 0.251 e. The first-order valence-electron chi connectivity index (χ1n) is 8.70. The van der Waals surface area contributed by atoms with Crippen molar-refractivity contribution in [2.24, 2.45) is 0 Å². The molecule has 1 aromatic heterocycles. The van der Waals surface area contributed by atoms with Crippen molar-refractivity contribution in [3.63, 3.8) is 0 Å². The van der Waals surface area contributed by atoms with E-state index in [1.807, 2.05) is 31.2 Å². The van der Waals surface area contributed by atoms with Crippen LogP contribution in [-0.2, 0) is 4.79 Å². The maximum Gasteiger partial charge on any atom is 0.251 e. The second-order valence-corrected chi connectivity index (χ2v) is 7.22. The summed E-state index contributed by atoms with van der Waals surface area (Å²) in [4.78, 5) is 30.2. The van der Waals surface area contributed by atoms with Crippen LogP contribution in [0.4, 0.5) is 0 Å². The average Bonchev–Trinajstić information content (AvgIpc) is 3.26. The molecule has 0 saturated carbocycles. The summed E-state index contributed by atoms with van der Waals surface area (Å²) < 4.78 is 2.56. The molecule has 0 aliphatic carbocycles. The Morgan fingerprint density at radius 3 is 2.43 bits per heavy atom. The van der Waals surface area contributed by atoms with Gasteiger partial charge < -0.3 is 10.2 Å². The van der Waals surface area contributed by atoms with Crippen LogP contribution in [0.15, 0.2) is 65.7 Å². The molecule has 1 unspecified atom stereocenters. The summed E-state index contributed by atoms with van der Waals surface area (Å²) in [5.41, 5.74) is 2.39. The van der Waals surface area contributed by atoms with Gasteiger partial charge in [0.2, 0.25) is 5.91 Å². The normalized spacial score (nSPS) is 11.7. The second kappa shape index (κ2) is 8.79. The van der Waals surface area contributed by atoms with E-state index in [1.165, 1.54) is 6.33 Å². The first-order chi connectivity index (χ1) is 13.5. The zero-order chi connectivity index (χ0) is 20.1. The lowest BCUT2D eigenvalue weighted by molar-refractivity contribution is -0.130. The average molecular weight is 442 g/mol. The number of rotatable bonds is 6. The third-order valence-corrected chi connectivity index (χ3v) is 5.07. The molecule has 3 rings (SSSR count). The third kappa shape index (κ3) is 4.64. The van der Waals surface area contributed by atoms with E-state index in [0.717, 1.165) is 15.7 Å². The number of nitrogens with zero attached hydrogens (tertiary/aromatic N) is 4. The monoisotopic (exact) mass is 441 g/mol. The zero-order valence-corrected chi connectivity index (χ0v) is 17.1. The summed E-state index contributed by atoms with van der Waals surface area (Å²) in [7, 11) is 1.73. The largest absolute Gasteiger partial charge is 0.343 e. The fraction of sp³-hybridized carbons (Fsp3) is 0.200. The van der Waals surface area contributed by atoms with Crippen LogP contribution in [0.3, 0.4) is 0 Å². The first kappa shape index (κ1) is 19.8. The molecule has 0 spiro atoms. The maximum absolute atomic E-state index is 12.5. The van der Waals surface area contributed by atoms with Gasteiger partial charge >= 0.3 is 0 Å². The quantitative estimate of drug-likeness (QED) is 0.637. The van der Waals surface area contributed by atoms with Crippen LogP contribution in [0.1, 0.15) is 28.9 Å². The van der Waals surface area contributed by atoms with Crippen LogP contribution in [0.5, 0.6) is 0 Å². The molecule has 0 aliphatic heterocycles. The molecular formula is C20H20BrN5O2. The summed E-state index contributed by atoms with van der Waals surface area (Å²) in [6.07, 6.45) is 3.10. The Kier molecular flexibility index (Phi) is 6.20. The highest BCUT2D eigenvalue weighted by Crippen LogP contribution is 2.20. The van der Waals surface area contributed by atoms with Gasteiger partial charge in [0.15, 0.2) is 0 Å². The van der Waals surface area contributed by atoms with E-state index >= 15 is 0 Å². The van der Waals surface area contributed by atoms with Crippen molar-refractivity contribution in [2.75, 3.05) is 13.6 Å². The lowest BCUT2D eigenvalue weighted by atomic mass is 10.1. The Labute approximate surface area is 171 Å². The second-order valence-electron chi connectivity index (χ2n) is 6.30. The topological polar surface area (TPSA) is 80.1 Å². The Morgan fingerprint density at radius 1 is 1.14 bits per heavy atom. The summed E-state index contributed by atoms with van der Waals surface area (Å²) in [6.45, 7) is 1.88. The molecule has 0 radical (unpaired) electrons. The minimum atomic E-state index is -0.279. The number of hydrogen-bond acceptors (Lipinski definition) is 4. The summed E-state index contributed by atoms with van der Waals surface area (Å²) in [5, 5.41) is 6.76. The van der Waals surface area contributed by atoms with Gasteiger partial charge in [-0.25, -0.2) is 9.67 Å². The van der Waals surface area contributed by atoms with E-state index in [1.54, 1.807) is 47.2 Å². The van der Waals surface area contributed by atoms with Crippen molar-refractivity contribution in [2.45, 2.75) is 13.0 Å².